The molecule has 84 heavy (non-hydrogen) atoms. The van der Waals surface area contributed by atoms with E-state index in [1.807, 2.05) is 165 Å². The van der Waals surface area contributed by atoms with Gasteiger partial charge in [0, 0.05) is 67.5 Å². The maximum absolute atomic E-state index is 13.7. The van der Waals surface area contributed by atoms with E-state index in [-0.39, 0.29) is 61.8 Å². The third-order valence-corrected chi connectivity index (χ3v) is 32.3. The number of imide groups is 2. The van der Waals surface area contributed by atoms with Crippen molar-refractivity contribution in [2.75, 3.05) is 180 Å². The van der Waals surface area contributed by atoms with Gasteiger partial charge >= 0.3 is 0 Å². The number of carbonyl (C=O) groups is 4. The van der Waals surface area contributed by atoms with Gasteiger partial charge in [-0.05, 0) is 35.1 Å². The van der Waals surface area contributed by atoms with Crippen LogP contribution in [0.15, 0.2) is 77.5 Å². The summed E-state index contributed by atoms with van der Waals surface area (Å²) in [5, 5.41) is 5.15. The summed E-state index contributed by atoms with van der Waals surface area (Å²) in [7, 11) is 0. The fourth-order valence-corrected chi connectivity index (χ4v) is 28.2. The highest BCUT2D eigenvalue weighted by molar-refractivity contribution is 8.45. The zero-order valence-corrected chi connectivity index (χ0v) is 57.0. The van der Waals surface area contributed by atoms with Crippen molar-refractivity contribution < 1.29 is 66.5 Å². The maximum Gasteiger partial charge on any atom is 0.261 e. The summed E-state index contributed by atoms with van der Waals surface area (Å²) in [5.74, 6) is 4.57. The molecule has 0 spiro atoms. The van der Waals surface area contributed by atoms with E-state index in [0.29, 0.717) is 116 Å². The Kier molecular flexibility index (Phi) is 28.8. The van der Waals surface area contributed by atoms with E-state index < -0.39 is 23.6 Å². The zero-order valence-electron chi connectivity index (χ0n) is 45.6. The van der Waals surface area contributed by atoms with Crippen molar-refractivity contribution in [3.05, 3.63) is 99.7 Å². The zero-order chi connectivity index (χ0) is 57.7. The number of carbonyl (C=O) groups excluding carboxylic acids is 4. The first kappa shape index (κ1) is 66.8. The SMILES string of the molecule is O=C1c2ccc3c4c(ccc(c24)C(=O)N1CCOCCOCCOCCOCCOCCSC1=CSC(=C2SC4=C(SCCS4)S2)S1)C(=O)N(CCOCCOCCOCCOCCOCCSC1=CSC(=C2SC4=C(SCCS4)S2)S1)C3=O. The topological polar surface area (TPSA) is 167 Å². The average Bonchev–Trinajstić information content (AvgIpc) is 1.28. The Hall–Kier alpha value is -0.0800. The highest BCUT2D eigenvalue weighted by Crippen LogP contribution is 2.66. The normalized spacial score (nSPS) is 18.7. The number of amides is 4. The molecule has 0 unspecified atom stereocenters. The first-order chi connectivity index (χ1) is 41.4. The molecule has 8 aliphatic rings. The maximum atomic E-state index is 13.7. The van der Waals surface area contributed by atoms with Crippen LogP contribution in [0.4, 0.5) is 0 Å². The summed E-state index contributed by atoms with van der Waals surface area (Å²) in [4.78, 5) is 57.1. The van der Waals surface area contributed by atoms with Gasteiger partial charge in [0.25, 0.3) is 23.6 Å². The van der Waals surface area contributed by atoms with Crippen LogP contribution >= 0.6 is 165 Å². The van der Waals surface area contributed by atoms with E-state index in [0.717, 1.165) is 21.3 Å². The third kappa shape index (κ3) is 19.0. The Morgan fingerprint density at radius 2 is 0.583 bits per heavy atom. The van der Waals surface area contributed by atoms with E-state index in [1.165, 1.54) is 65.4 Å². The Bertz CT molecular complexity index is 2590. The number of rotatable bonds is 38. The molecule has 0 fully saturated rings. The van der Waals surface area contributed by atoms with Crippen molar-refractivity contribution in [1.82, 2.24) is 9.80 Å². The third-order valence-electron chi connectivity index (χ3n) is 12.3. The molecule has 30 heteroatoms. The summed E-state index contributed by atoms with van der Waals surface area (Å²) in [6.07, 6.45) is 0. The predicted molar refractivity (Wildman–Crippen MR) is 363 cm³/mol. The molecule has 0 saturated heterocycles. The number of nitrogens with zero attached hydrogens (tertiary/aromatic N) is 2. The first-order valence-corrected chi connectivity index (χ1v) is 39.6. The van der Waals surface area contributed by atoms with Gasteiger partial charge in [-0.1, -0.05) is 94.1 Å². The second kappa shape index (κ2) is 36.2. The van der Waals surface area contributed by atoms with Crippen molar-refractivity contribution in [3.63, 3.8) is 0 Å². The molecule has 2 aromatic rings. The standard InChI is InChI=1S/C54H62N2O14S14/c57-43-35-1-2-36-42-38(46(60)56(44(36)58)6-8-62-10-12-64-14-16-66-18-20-68-22-24-70-26-28-72-40-34-78-52(80-40)54-83-49-50(84-54)76-32-31-75-49)4-3-37(41(35)42)45(59)55(43)5-7-61-9-11-63-13-15-65-17-19-67-21-23-69-25-27-71-39-33-77-51(79-39)53-81-47-48(82-53)74-30-29-73-47/h1-4,33-34H,5-32H2. The van der Waals surface area contributed by atoms with Gasteiger partial charge in [0.1, 0.15) is 0 Å². The van der Waals surface area contributed by atoms with Crippen LogP contribution < -0.4 is 0 Å². The number of benzene rings is 2. The Balaban J connectivity index is 0.500. The second-order valence-corrected chi connectivity index (χ2v) is 35.1. The van der Waals surface area contributed by atoms with E-state index in [1.54, 1.807) is 24.3 Å². The van der Waals surface area contributed by atoms with Crippen molar-refractivity contribution in [1.29, 1.82) is 0 Å². The Labute approximate surface area is 549 Å². The monoisotopic (exact) mass is 1410 g/mol. The van der Waals surface area contributed by atoms with Crippen molar-refractivity contribution >= 4 is 199 Å². The van der Waals surface area contributed by atoms with Crippen LogP contribution in [-0.2, 0) is 47.4 Å². The van der Waals surface area contributed by atoms with Crippen LogP contribution in [0.2, 0.25) is 0 Å². The molecule has 0 saturated carbocycles. The lowest BCUT2D eigenvalue weighted by Gasteiger charge is -2.31. The Morgan fingerprint density at radius 3 is 0.869 bits per heavy atom. The highest BCUT2D eigenvalue weighted by Gasteiger charge is 2.40. The smallest absolute Gasteiger partial charge is 0.261 e. The van der Waals surface area contributed by atoms with Crippen LogP contribution in [0, 0.1) is 0 Å². The fraction of sp³-hybridized carbons (Fsp3) is 0.519. The number of thioether (sulfide) groups is 14. The molecule has 0 radical (unpaired) electrons. The van der Waals surface area contributed by atoms with Crippen LogP contribution in [0.25, 0.3) is 10.8 Å². The molecule has 0 aliphatic carbocycles. The minimum Gasteiger partial charge on any atom is -0.378 e. The number of hydrogen-bond donors (Lipinski definition) is 0. The van der Waals surface area contributed by atoms with Gasteiger partial charge in [0.05, 0.1) is 188 Å². The molecule has 10 rings (SSSR count). The van der Waals surface area contributed by atoms with E-state index in [2.05, 4.69) is 10.8 Å². The minimum atomic E-state index is -0.514. The van der Waals surface area contributed by atoms with Gasteiger partial charge < -0.3 is 47.4 Å². The molecule has 16 nitrogen and oxygen atoms in total. The van der Waals surface area contributed by atoms with Gasteiger partial charge in [-0.3, -0.25) is 29.0 Å². The summed E-state index contributed by atoms with van der Waals surface area (Å²) < 4.78 is 70.9. The lowest BCUT2D eigenvalue weighted by molar-refractivity contribution is -0.0110. The van der Waals surface area contributed by atoms with Gasteiger partial charge in [-0.15, -0.1) is 70.6 Å². The van der Waals surface area contributed by atoms with Crippen molar-refractivity contribution in [3.8, 4) is 0 Å². The lowest BCUT2D eigenvalue weighted by atomic mass is 9.86. The molecule has 2 aromatic carbocycles. The predicted octanol–water partition coefficient (Wildman–Crippen LogP) is 12.6. The summed E-state index contributed by atoms with van der Waals surface area (Å²) in [5.41, 5.74) is 1.00. The van der Waals surface area contributed by atoms with Gasteiger partial charge in [-0.25, -0.2) is 0 Å². The molecule has 4 amide bonds. The van der Waals surface area contributed by atoms with E-state index in [9.17, 15) is 19.2 Å². The molecule has 8 heterocycles. The molecular weight excluding hydrogens is 1350 g/mol. The fourth-order valence-electron chi connectivity index (χ4n) is 8.45. The first-order valence-electron chi connectivity index (χ1n) is 27.1. The van der Waals surface area contributed by atoms with Crippen LogP contribution in [0.1, 0.15) is 41.4 Å². The van der Waals surface area contributed by atoms with Crippen molar-refractivity contribution in [2.24, 2.45) is 0 Å². The van der Waals surface area contributed by atoms with Crippen molar-refractivity contribution in [2.45, 2.75) is 0 Å². The molecule has 0 aromatic heterocycles. The lowest BCUT2D eigenvalue weighted by Crippen LogP contribution is -2.45. The second-order valence-electron chi connectivity index (χ2n) is 17.8. The quantitative estimate of drug-likeness (QED) is 0.0459. The molecule has 8 aliphatic heterocycles. The summed E-state index contributed by atoms with van der Waals surface area (Å²) in [6.45, 7) is 8.25. The molecule has 456 valence electrons. The van der Waals surface area contributed by atoms with E-state index in [4.69, 9.17) is 47.4 Å². The van der Waals surface area contributed by atoms with Crippen LogP contribution in [0.5, 0.6) is 0 Å². The number of hydrogen-bond acceptors (Lipinski definition) is 28. The van der Waals surface area contributed by atoms with E-state index >= 15 is 0 Å². The largest absolute Gasteiger partial charge is 0.378 e. The highest BCUT2D eigenvalue weighted by atomic mass is 32.3. The van der Waals surface area contributed by atoms with Gasteiger partial charge in [-0.2, -0.15) is 0 Å². The summed E-state index contributed by atoms with van der Waals surface area (Å²) in [6, 6.07) is 6.20. The van der Waals surface area contributed by atoms with Gasteiger partial charge in [0.15, 0.2) is 0 Å². The molecular formula is C54H62N2O14S14. The minimum absolute atomic E-state index is 0.0225. The van der Waals surface area contributed by atoms with Crippen LogP contribution in [-0.4, -0.2) is 213 Å². The Morgan fingerprint density at radius 1 is 0.321 bits per heavy atom. The summed E-state index contributed by atoms with van der Waals surface area (Å²) >= 11 is 26.8. The molecule has 0 bridgehead atoms. The average molecular weight is 1410 g/mol. The van der Waals surface area contributed by atoms with Crippen LogP contribution in [0.3, 0.4) is 0 Å². The molecule has 0 atom stereocenters. The number of ether oxygens (including phenoxy) is 10. The molecule has 0 N–H and O–H groups in total. The van der Waals surface area contributed by atoms with Gasteiger partial charge in [0.2, 0.25) is 0 Å².